The standard InChI is InChI=1S/C10H19NO/c1-10(2,3)8-5-4-6-11-9(12)7-8/h8H,4-7H2,1-3H3,(H,11,12). The molecule has 12 heavy (non-hydrogen) atoms. The summed E-state index contributed by atoms with van der Waals surface area (Å²) in [7, 11) is 0. The zero-order valence-corrected chi connectivity index (χ0v) is 8.31. The molecular formula is C10H19NO. The molecule has 0 saturated carbocycles. The molecule has 1 amide bonds. The third kappa shape index (κ3) is 2.50. The van der Waals surface area contributed by atoms with E-state index in [0.29, 0.717) is 12.3 Å². The number of carbonyl (C=O) groups is 1. The first-order chi connectivity index (χ1) is 5.50. The molecule has 1 unspecified atom stereocenters. The van der Waals surface area contributed by atoms with Crippen LogP contribution in [0.1, 0.15) is 40.0 Å². The first kappa shape index (κ1) is 9.56. The first-order valence-electron chi connectivity index (χ1n) is 4.77. The number of amides is 1. The molecule has 0 aromatic rings. The number of nitrogens with one attached hydrogen (secondary N) is 1. The topological polar surface area (TPSA) is 29.1 Å². The van der Waals surface area contributed by atoms with Crippen LogP contribution in [0.5, 0.6) is 0 Å². The zero-order valence-electron chi connectivity index (χ0n) is 8.31. The second kappa shape index (κ2) is 3.46. The third-order valence-electron chi connectivity index (χ3n) is 2.71. The summed E-state index contributed by atoms with van der Waals surface area (Å²) in [4.78, 5) is 11.2. The highest BCUT2D eigenvalue weighted by Gasteiger charge is 2.27. The summed E-state index contributed by atoms with van der Waals surface area (Å²) in [5, 5.41) is 2.91. The zero-order chi connectivity index (χ0) is 9.19. The molecular weight excluding hydrogens is 150 g/mol. The van der Waals surface area contributed by atoms with E-state index < -0.39 is 0 Å². The van der Waals surface area contributed by atoms with Crippen LogP contribution >= 0.6 is 0 Å². The molecule has 1 heterocycles. The van der Waals surface area contributed by atoms with E-state index in [0.717, 1.165) is 13.0 Å². The van der Waals surface area contributed by atoms with Crippen LogP contribution < -0.4 is 5.32 Å². The maximum Gasteiger partial charge on any atom is 0.220 e. The second-order valence-electron chi connectivity index (χ2n) is 4.76. The molecule has 70 valence electrons. The van der Waals surface area contributed by atoms with Gasteiger partial charge in [0.25, 0.3) is 0 Å². The van der Waals surface area contributed by atoms with E-state index in [-0.39, 0.29) is 11.3 Å². The van der Waals surface area contributed by atoms with Gasteiger partial charge in [-0.25, -0.2) is 0 Å². The largest absolute Gasteiger partial charge is 0.356 e. The smallest absolute Gasteiger partial charge is 0.220 e. The van der Waals surface area contributed by atoms with Gasteiger partial charge in [0.1, 0.15) is 0 Å². The van der Waals surface area contributed by atoms with Gasteiger partial charge in [-0.3, -0.25) is 4.79 Å². The van der Waals surface area contributed by atoms with Crippen molar-refractivity contribution < 1.29 is 4.79 Å². The quantitative estimate of drug-likeness (QED) is 0.590. The fraction of sp³-hybridized carbons (Fsp3) is 0.900. The number of carbonyl (C=O) groups excluding carboxylic acids is 1. The van der Waals surface area contributed by atoms with Crippen LogP contribution in [-0.4, -0.2) is 12.5 Å². The highest BCUT2D eigenvalue weighted by atomic mass is 16.1. The predicted octanol–water partition coefficient (Wildman–Crippen LogP) is 1.95. The summed E-state index contributed by atoms with van der Waals surface area (Å²) < 4.78 is 0. The van der Waals surface area contributed by atoms with Crippen molar-refractivity contribution in [2.24, 2.45) is 11.3 Å². The second-order valence-corrected chi connectivity index (χ2v) is 4.76. The van der Waals surface area contributed by atoms with Crippen molar-refractivity contribution in [1.82, 2.24) is 5.32 Å². The Morgan fingerprint density at radius 3 is 2.67 bits per heavy atom. The lowest BCUT2D eigenvalue weighted by atomic mass is 9.76. The summed E-state index contributed by atoms with van der Waals surface area (Å²) in [6.07, 6.45) is 3.03. The maximum absolute atomic E-state index is 11.2. The molecule has 0 spiro atoms. The molecule has 0 aliphatic carbocycles. The predicted molar refractivity (Wildman–Crippen MR) is 49.8 cm³/mol. The van der Waals surface area contributed by atoms with E-state index in [1.807, 2.05) is 0 Å². The molecule has 2 heteroatoms. The molecule has 0 aromatic heterocycles. The van der Waals surface area contributed by atoms with Crippen molar-refractivity contribution in [2.75, 3.05) is 6.54 Å². The van der Waals surface area contributed by atoms with Gasteiger partial charge < -0.3 is 5.32 Å². The van der Waals surface area contributed by atoms with Gasteiger partial charge in [0.05, 0.1) is 0 Å². The van der Waals surface area contributed by atoms with Gasteiger partial charge in [-0.1, -0.05) is 20.8 Å². The fourth-order valence-electron chi connectivity index (χ4n) is 1.71. The molecule has 0 bridgehead atoms. The summed E-state index contributed by atoms with van der Waals surface area (Å²) in [6.45, 7) is 7.52. The van der Waals surface area contributed by atoms with Crippen LogP contribution in [0.25, 0.3) is 0 Å². The van der Waals surface area contributed by atoms with Crippen molar-refractivity contribution in [3.05, 3.63) is 0 Å². The van der Waals surface area contributed by atoms with Gasteiger partial charge in [0.2, 0.25) is 5.91 Å². The van der Waals surface area contributed by atoms with Gasteiger partial charge in [0.15, 0.2) is 0 Å². The Balaban J connectivity index is 2.58. The monoisotopic (exact) mass is 169 g/mol. The molecule has 1 saturated heterocycles. The van der Waals surface area contributed by atoms with E-state index in [1.54, 1.807) is 0 Å². The van der Waals surface area contributed by atoms with Crippen LogP contribution in [-0.2, 0) is 4.79 Å². The van der Waals surface area contributed by atoms with Gasteiger partial charge in [-0.2, -0.15) is 0 Å². The molecule has 0 radical (unpaired) electrons. The lowest BCUT2D eigenvalue weighted by Gasteiger charge is -2.28. The van der Waals surface area contributed by atoms with Crippen LogP contribution in [0.3, 0.4) is 0 Å². The minimum Gasteiger partial charge on any atom is -0.356 e. The lowest BCUT2D eigenvalue weighted by molar-refractivity contribution is -0.122. The summed E-state index contributed by atoms with van der Waals surface area (Å²) in [5.41, 5.74) is 0.279. The fourth-order valence-corrected chi connectivity index (χ4v) is 1.71. The van der Waals surface area contributed by atoms with Crippen LogP contribution in [0.2, 0.25) is 0 Å². The molecule has 1 aliphatic heterocycles. The highest BCUT2D eigenvalue weighted by molar-refractivity contribution is 5.76. The summed E-state index contributed by atoms with van der Waals surface area (Å²) in [5.74, 6) is 0.785. The Hall–Kier alpha value is -0.530. The Bertz CT molecular complexity index is 169. The molecule has 1 atom stereocenters. The van der Waals surface area contributed by atoms with Gasteiger partial charge >= 0.3 is 0 Å². The Morgan fingerprint density at radius 1 is 1.42 bits per heavy atom. The average molecular weight is 169 g/mol. The average Bonchev–Trinajstić information content (AvgIpc) is 2.11. The molecule has 1 rings (SSSR count). The Morgan fingerprint density at radius 2 is 2.08 bits per heavy atom. The Kier molecular flexibility index (Phi) is 2.76. The maximum atomic E-state index is 11.2. The van der Waals surface area contributed by atoms with E-state index >= 15 is 0 Å². The van der Waals surface area contributed by atoms with E-state index in [9.17, 15) is 4.79 Å². The SMILES string of the molecule is CC(C)(C)C1CCCNC(=O)C1. The van der Waals surface area contributed by atoms with E-state index in [4.69, 9.17) is 0 Å². The number of hydrogen-bond acceptors (Lipinski definition) is 1. The first-order valence-corrected chi connectivity index (χ1v) is 4.77. The summed E-state index contributed by atoms with van der Waals surface area (Å²) in [6, 6.07) is 0. The van der Waals surface area contributed by atoms with Crippen LogP contribution in [0.4, 0.5) is 0 Å². The lowest BCUT2D eigenvalue weighted by Crippen LogP contribution is -2.26. The molecule has 1 fully saturated rings. The van der Waals surface area contributed by atoms with Crippen molar-refractivity contribution in [2.45, 2.75) is 40.0 Å². The molecule has 1 aliphatic rings. The van der Waals surface area contributed by atoms with Crippen LogP contribution in [0, 0.1) is 11.3 Å². The van der Waals surface area contributed by atoms with Gasteiger partial charge in [-0.15, -0.1) is 0 Å². The third-order valence-corrected chi connectivity index (χ3v) is 2.71. The van der Waals surface area contributed by atoms with Gasteiger partial charge in [0, 0.05) is 13.0 Å². The van der Waals surface area contributed by atoms with E-state index in [2.05, 4.69) is 26.1 Å². The van der Waals surface area contributed by atoms with Crippen molar-refractivity contribution in [1.29, 1.82) is 0 Å². The molecule has 0 aromatic carbocycles. The Labute approximate surface area is 74.7 Å². The minimum absolute atomic E-state index is 0.229. The van der Waals surface area contributed by atoms with Crippen LogP contribution in [0.15, 0.2) is 0 Å². The molecule has 1 N–H and O–H groups in total. The minimum atomic E-state index is 0.229. The highest BCUT2D eigenvalue weighted by Crippen LogP contribution is 2.33. The van der Waals surface area contributed by atoms with Crippen molar-refractivity contribution in [3.63, 3.8) is 0 Å². The normalized spacial score (nSPS) is 26.2. The van der Waals surface area contributed by atoms with Gasteiger partial charge in [-0.05, 0) is 24.2 Å². The van der Waals surface area contributed by atoms with Crippen molar-refractivity contribution >= 4 is 5.91 Å². The summed E-state index contributed by atoms with van der Waals surface area (Å²) >= 11 is 0. The van der Waals surface area contributed by atoms with Crippen molar-refractivity contribution in [3.8, 4) is 0 Å². The number of hydrogen-bond donors (Lipinski definition) is 1. The number of rotatable bonds is 0. The van der Waals surface area contributed by atoms with E-state index in [1.165, 1.54) is 6.42 Å². The molecule has 2 nitrogen and oxygen atoms in total.